The Hall–Kier alpha value is -0.0400. The Kier molecular flexibility index (Phi) is 4.98. The molecule has 15 heavy (non-hydrogen) atoms. The molecule has 0 saturated heterocycles. The molecule has 0 atom stereocenters. The molecule has 1 N–H and O–H groups in total. The van der Waals surface area contributed by atoms with Crippen LogP contribution >= 0.6 is 0 Å². The van der Waals surface area contributed by atoms with E-state index in [1.807, 2.05) is 0 Å². The number of nitrogens with one attached hydrogen (secondary N) is 1. The molecule has 2 fully saturated rings. The van der Waals surface area contributed by atoms with E-state index in [2.05, 4.69) is 5.32 Å². The van der Waals surface area contributed by atoms with Gasteiger partial charge in [-0.05, 0) is 44.2 Å². The molecule has 1 nitrogen and oxygen atoms in total. The summed E-state index contributed by atoms with van der Waals surface area (Å²) in [6, 6.07) is 0. The van der Waals surface area contributed by atoms with Gasteiger partial charge in [0, 0.05) is 0 Å². The second kappa shape index (κ2) is 6.52. The van der Waals surface area contributed by atoms with Crippen LogP contribution in [0.25, 0.3) is 0 Å². The minimum absolute atomic E-state index is 1.00. The summed E-state index contributed by atoms with van der Waals surface area (Å²) < 4.78 is 0. The molecule has 0 amide bonds. The Bertz CT molecular complexity index is 155. The van der Waals surface area contributed by atoms with Gasteiger partial charge in [-0.1, -0.05) is 44.9 Å². The lowest BCUT2D eigenvalue weighted by atomic mass is 9.89. The average Bonchev–Trinajstić information content (AvgIpc) is 2.79. The lowest BCUT2D eigenvalue weighted by Crippen LogP contribution is -2.26. The molecule has 0 heterocycles. The third-order valence-electron chi connectivity index (χ3n) is 4.36. The zero-order valence-electron chi connectivity index (χ0n) is 10.1. The maximum Gasteiger partial charge on any atom is -0.00205 e. The maximum absolute atomic E-state index is 3.68. The van der Waals surface area contributed by atoms with Crippen LogP contribution in [0.15, 0.2) is 0 Å². The van der Waals surface area contributed by atoms with Crippen molar-refractivity contribution in [1.82, 2.24) is 5.32 Å². The van der Waals surface area contributed by atoms with Gasteiger partial charge in [0.25, 0.3) is 0 Å². The molecular weight excluding hydrogens is 182 g/mol. The van der Waals surface area contributed by atoms with E-state index in [1.54, 1.807) is 0 Å². The highest BCUT2D eigenvalue weighted by Gasteiger charge is 2.15. The minimum Gasteiger partial charge on any atom is -0.316 e. The van der Waals surface area contributed by atoms with Crippen LogP contribution in [0.2, 0.25) is 0 Å². The van der Waals surface area contributed by atoms with E-state index >= 15 is 0 Å². The van der Waals surface area contributed by atoms with Crippen LogP contribution in [0.3, 0.4) is 0 Å². The standard InChI is InChI=1S/C14H27N/c1-2-8-14(9-3-1)12-15-11-10-13-6-4-5-7-13/h13-15H,1-12H2. The maximum atomic E-state index is 3.68. The number of rotatable bonds is 5. The third kappa shape index (κ3) is 4.14. The molecule has 1 heteroatoms. The van der Waals surface area contributed by atoms with Crippen LogP contribution in [-0.4, -0.2) is 13.1 Å². The van der Waals surface area contributed by atoms with E-state index in [1.165, 1.54) is 77.3 Å². The van der Waals surface area contributed by atoms with Gasteiger partial charge in [-0.3, -0.25) is 0 Å². The van der Waals surface area contributed by atoms with Gasteiger partial charge >= 0.3 is 0 Å². The summed E-state index contributed by atoms with van der Waals surface area (Å²) in [4.78, 5) is 0. The number of hydrogen-bond acceptors (Lipinski definition) is 1. The highest BCUT2D eigenvalue weighted by atomic mass is 14.9. The molecule has 0 radical (unpaired) electrons. The Morgan fingerprint density at radius 3 is 2.07 bits per heavy atom. The molecule has 0 bridgehead atoms. The van der Waals surface area contributed by atoms with Crippen molar-refractivity contribution in [2.75, 3.05) is 13.1 Å². The fourth-order valence-electron chi connectivity index (χ4n) is 3.30. The summed E-state index contributed by atoms with van der Waals surface area (Å²) >= 11 is 0. The van der Waals surface area contributed by atoms with E-state index in [0.29, 0.717) is 0 Å². The fraction of sp³-hybridized carbons (Fsp3) is 1.00. The monoisotopic (exact) mass is 209 g/mol. The zero-order chi connectivity index (χ0) is 10.3. The van der Waals surface area contributed by atoms with Crippen molar-refractivity contribution in [3.05, 3.63) is 0 Å². The van der Waals surface area contributed by atoms with Gasteiger partial charge in [0.1, 0.15) is 0 Å². The lowest BCUT2D eigenvalue weighted by Gasteiger charge is -2.22. The smallest absolute Gasteiger partial charge is 0.00205 e. The first-order chi connectivity index (χ1) is 7.45. The largest absolute Gasteiger partial charge is 0.316 e. The van der Waals surface area contributed by atoms with Crippen LogP contribution in [-0.2, 0) is 0 Å². The second-order valence-corrected chi connectivity index (χ2v) is 5.65. The van der Waals surface area contributed by atoms with Crippen LogP contribution < -0.4 is 5.32 Å². The van der Waals surface area contributed by atoms with E-state index in [-0.39, 0.29) is 0 Å². The van der Waals surface area contributed by atoms with Crippen LogP contribution in [0.5, 0.6) is 0 Å². The van der Waals surface area contributed by atoms with E-state index in [0.717, 1.165) is 11.8 Å². The van der Waals surface area contributed by atoms with Crippen molar-refractivity contribution in [2.24, 2.45) is 11.8 Å². The quantitative estimate of drug-likeness (QED) is 0.680. The van der Waals surface area contributed by atoms with Gasteiger partial charge < -0.3 is 5.32 Å². The Morgan fingerprint density at radius 2 is 1.33 bits per heavy atom. The lowest BCUT2D eigenvalue weighted by molar-refractivity contribution is 0.337. The molecule has 0 aromatic heterocycles. The van der Waals surface area contributed by atoms with E-state index < -0.39 is 0 Å². The van der Waals surface area contributed by atoms with Crippen LogP contribution in [0.1, 0.15) is 64.2 Å². The third-order valence-corrected chi connectivity index (χ3v) is 4.36. The first kappa shape index (κ1) is 11.4. The molecule has 2 aliphatic rings. The first-order valence-electron chi connectivity index (χ1n) is 7.16. The molecule has 2 saturated carbocycles. The number of hydrogen-bond donors (Lipinski definition) is 1. The minimum atomic E-state index is 1.00. The van der Waals surface area contributed by atoms with Crippen LogP contribution in [0, 0.1) is 11.8 Å². The molecule has 0 unspecified atom stereocenters. The van der Waals surface area contributed by atoms with Crippen molar-refractivity contribution >= 4 is 0 Å². The van der Waals surface area contributed by atoms with Gasteiger partial charge in [-0.25, -0.2) is 0 Å². The normalized spacial score (nSPS) is 24.8. The molecule has 2 aliphatic carbocycles. The summed E-state index contributed by atoms with van der Waals surface area (Å²) in [5.41, 5.74) is 0. The van der Waals surface area contributed by atoms with Crippen molar-refractivity contribution in [1.29, 1.82) is 0 Å². The second-order valence-electron chi connectivity index (χ2n) is 5.65. The highest BCUT2D eigenvalue weighted by molar-refractivity contribution is 4.70. The fourth-order valence-corrected chi connectivity index (χ4v) is 3.30. The summed E-state index contributed by atoms with van der Waals surface area (Å²) in [6.45, 7) is 2.58. The van der Waals surface area contributed by atoms with Gasteiger partial charge in [-0.15, -0.1) is 0 Å². The first-order valence-corrected chi connectivity index (χ1v) is 7.16. The summed E-state index contributed by atoms with van der Waals surface area (Å²) in [5.74, 6) is 2.06. The van der Waals surface area contributed by atoms with Crippen LogP contribution in [0.4, 0.5) is 0 Å². The van der Waals surface area contributed by atoms with Crippen molar-refractivity contribution in [3.8, 4) is 0 Å². The molecule has 0 aromatic carbocycles. The van der Waals surface area contributed by atoms with E-state index in [9.17, 15) is 0 Å². The van der Waals surface area contributed by atoms with Gasteiger partial charge in [0.05, 0.1) is 0 Å². The molecule has 0 aromatic rings. The van der Waals surface area contributed by atoms with Crippen molar-refractivity contribution < 1.29 is 0 Å². The van der Waals surface area contributed by atoms with Crippen molar-refractivity contribution in [3.63, 3.8) is 0 Å². The molecular formula is C14H27N. The predicted molar refractivity (Wildman–Crippen MR) is 66.0 cm³/mol. The van der Waals surface area contributed by atoms with Gasteiger partial charge in [0.2, 0.25) is 0 Å². The molecule has 88 valence electrons. The van der Waals surface area contributed by atoms with Gasteiger partial charge in [0.15, 0.2) is 0 Å². The molecule has 2 rings (SSSR count). The Labute approximate surface area is 95.0 Å². The van der Waals surface area contributed by atoms with E-state index in [4.69, 9.17) is 0 Å². The average molecular weight is 209 g/mol. The molecule has 0 spiro atoms. The summed E-state index contributed by atoms with van der Waals surface area (Å²) in [7, 11) is 0. The predicted octanol–water partition coefficient (Wildman–Crippen LogP) is 3.74. The summed E-state index contributed by atoms with van der Waals surface area (Å²) in [5, 5.41) is 3.68. The van der Waals surface area contributed by atoms with Crippen molar-refractivity contribution in [2.45, 2.75) is 64.2 Å². The Morgan fingerprint density at radius 1 is 0.733 bits per heavy atom. The topological polar surface area (TPSA) is 12.0 Å². The summed E-state index contributed by atoms with van der Waals surface area (Å²) in [6.07, 6.45) is 14.8. The SMILES string of the molecule is C1CCC(CNCCC2CCCC2)CC1. The van der Waals surface area contributed by atoms with Gasteiger partial charge in [-0.2, -0.15) is 0 Å². The molecule has 0 aliphatic heterocycles. The zero-order valence-corrected chi connectivity index (χ0v) is 10.1. The highest BCUT2D eigenvalue weighted by Crippen LogP contribution is 2.27. The Balaban J connectivity index is 1.47.